The van der Waals surface area contributed by atoms with Crippen LogP contribution >= 0.6 is 11.6 Å². The van der Waals surface area contributed by atoms with E-state index in [-0.39, 0.29) is 34.3 Å². The van der Waals surface area contributed by atoms with Gasteiger partial charge < -0.3 is 5.32 Å². The third-order valence-corrected chi connectivity index (χ3v) is 9.13. The Morgan fingerprint density at radius 1 is 1.17 bits per heavy atom. The molecule has 2 aliphatic rings. The minimum absolute atomic E-state index is 0.00797. The van der Waals surface area contributed by atoms with Crippen molar-refractivity contribution in [2.24, 2.45) is 0 Å². The predicted molar refractivity (Wildman–Crippen MR) is 146 cm³/mol. The van der Waals surface area contributed by atoms with Gasteiger partial charge in [0.05, 0.1) is 23.8 Å². The molecule has 1 aliphatic carbocycles. The van der Waals surface area contributed by atoms with Crippen molar-refractivity contribution in [2.45, 2.75) is 50.2 Å². The third kappa shape index (κ3) is 5.87. The van der Waals surface area contributed by atoms with E-state index in [9.17, 15) is 31.2 Å². The van der Waals surface area contributed by atoms with E-state index in [2.05, 4.69) is 15.3 Å². The highest BCUT2D eigenvalue weighted by molar-refractivity contribution is 7.93. The van der Waals surface area contributed by atoms with Gasteiger partial charge in [0, 0.05) is 41.7 Å². The van der Waals surface area contributed by atoms with Crippen LogP contribution in [0.3, 0.4) is 0 Å². The Morgan fingerprint density at radius 2 is 1.90 bits per heavy atom. The minimum atomic E-state index is -4.00. The zero-order chi connectivity index (χ0) is 29.5. The van der Waals surface area contributed by atoms with Gasteiger partial charge in [-0.25, -0.2) is 30.9 Å². The lowest BCUT2D eigenvalue weighted by Gasteiger charge is -2.39. The van der Waals surface area contributed by atoms with Gasteiger partial charge in [0.25, 0.3) is 11.8 Å². The summed E-state index contributed by atoms with van der Waals surface area (Å²) < 4.78 is 68.8. The number of benzene rings is 1. The highest BCUT2D eigenvalue weighted by Crippen LogP contribution is 2.40. The number of carbonyl (C=O) groups excluding carboxylic acids is 2. The molecule has 3 heterocycles. The number of hydrogen-bond donors (Lipinski definition) is 1. The molecule has 2 atom stereocenters. The molecular formula is C27H25ClF3N5O4S. The maximum Gasteiger partial charge on any atom is 0.252 e. The first-order valence-corrected chi connectivity index (χ1v) is 14.7. The lowest BCUT2D eigenvalue weighted by molar-refractivity contribution is -0.133. The zero-order valence-corrected chi connectivity index (χ0v) is 23.2. The van der Waals surface area contributed by atoms with Crippen molar-refractivity contribution in [3.05, 3.63) is 83.0 Å². The van der Waals surface area contributed by atoms with E-state index in [0.717, 1.165) is 27.7 Å². The number of alkyl halides is 2. The van der Waals surface area contributed by atoms with Gasteiger partial charge in [-0.05, 0) is 37.1 Å². The number of aromatic nitrogens is 2. The molecule has 2 fully saturated rings. The largest absolute Gasteiger partial charge is 0.351 e. The zero-order valence-electron chi connectivity index (χ0n) is 21.7. The summed E-state index contributed by atoms with van der Waals surface area (Å²) in [5.74, 6) is -5.85. The first-order valence-electron chi connectivity index (χ1n) is 12.7. The van der Waals surface area contributed by atoms with Crippen molar-refractivity contribution in [3.8, 4) is 0 Å². The van der Waals surface area contributed by atoms with Crippen LogP contribution < -0.4 is 14.5 Å². The first kappa shape index (κ1) is 28.8. The molecule has 1 aromatic carbocycles. The van der Waals surface area contributed by atoms with Crippen LogP contribution in [0.25, 0.3) is 0 Å². The molecule has 1 saturated carbocycles. The van der Waals surface area contributed by atoms with E-state index in [1.54, 1.807) is 25.1 Å². The van der Waals surface area contributed by atoms with Crippen molar-refractivity contribution < 1.29 is 31.2 Å². The Bertz CT molecular complexity index is 1600. The molecular weight excluding hydrogens is 583 g/mol. The standard InChI is InChI=1S/C27H25ClF3N5O4S/c1-16-6-8-33-23(10-16)36-22(7-9-41(36,39)40)26(38)35(19-11-17(29)14-32-15-19)24(20-4-2-3-5-21(20)28)25(37)34-18-12-27(30,31)13-18/h2-6,8,10-11,14-15,18,22,24H,7,9,12-13H2,1H3,(H,34,37)/t22-,24-/m0/s1. The molecule has 1 aliphatic heterocycles. The average Bonchev–Trinajstić information content (AvgIpc) is 3.21. The van der Waals surface area contributed by atoms with Crippen LogP contribution in [0.5, 0.6) is 0 Å². The van der Waals surface area contributed by atoms with E-state index in [1.165, 1.54) is 24.4 Å². The summed E-state index contributed by atoms with van der Waals surface area (Å²) in [5.41, 5.74) is 0.659. The Kier molecular flexibility index (Phi) is 7.68. The van der Waals surface area contributed by atoms with Gasteiger partial charge in [-0.15, -0.1) is 0 Å². The summed E-state index contributed by atoms with van der Waals surface area (Å²) in [6.45, 7) is 1.73. The van der Waals surface area contributed by atoms with Gasteiger partial charge >= 0.3 is 0 Å². The summed E-state index contributed by atoms with van der Waals surface area (Å²) in [7, 11) is -4.00. The van der Waals surface area contributed by atoms with Gasteiger partial charge in [-0.2, -0.15) is 0 Å². The van der Waals surface area contributed by atoms with Crippen LogP contribution in [0.4, 0.5) is 24.7 Å². The van der Waals surface area contributed by atoms with Crippen molar-refractivity contribution in [1.29, 1.82) is 0 Å². The Morgan fingerprint density at radius 3 is 2.56 bits per heavy atom. The number of sulfonamides is 1. The number of halogens is 4. The Labute approximate surface area is 239 Å². The summed E-state index contributed by atoms with van der Waals surface area (Å²) in [4.78, 5) is 37.1. The van der Waals surface area contributed by atoms with Crippen LogP contribution in [-0.4, -0.2) is 54.0 Å². The fraction of sp³-hybridized carbons (Fsp3) is 0.333. The van der Waals surface area contributed by atoms with E-state index < -0.39 is 64.5 Å². The van der Waals surface area contributed by atoms with Gasteiger partial charge in [0.15, 0.2) is 0 Å². The van der Waals surface area contributed by atoms with Gasteiger partial charge in [0.1, 0.15) is 23.7 Å². The van der Waals surface area contributed by atoms with Crippen molar-refractivity contribution in [1.82, 2.24) is 15.3 Å². The van der Waals surface area contributed by atoms with Crippen LogP contribution in [0.1, 0.15) is 36.4 Å². The molecule has 0 spiro atoms. The summed E-state index contributed by atoms with van der Waals surface area (Å²) in [5, 5.41) is 2.62. The molecule has 41 heavy (non-hydrogen) atoms. The second-order valence-corrected chi connectivity index (χ2v) is 12.4. The maximum absolute atomic E-state index is 14.5. The van der Waals surface area contributed by atoms with E-state index in [0.29, 0.717) is 5.56 Å². The fourth-order valence-corrected chi connectivity index (χ4v) is 7.00. The molecule has 2 aromatic heterocycles. The molecule has 9 nitrogen and oxygen atoms in total. The second kappa shape index (κ2) is 10.9. The van der Waals surface area contributed by atoms with Crippen LogP contribution in [-0.2, 0) is 19.6 Å². The van der Waals surface area contributed by atoms with Crippen molar-refractivity contribution in [3.63, 3.8) is 0 Å². The van der Waals surface area contributed by atoms with Crippen LogP contribution in [0.2, 0.25) is 5.02 Å². The number of rotatable bonds is 7. The molecule has 3 aromatic rings. The molecule has 0 radical (unpaired) electrons. The second-order valence-electron chi connectivity index (χ2n) is 10.1. The topological polar surface area (TPSA) is 113 Å². The van der Waals surface area contributed by atoms with E-state index in [1.807, 2.05) is 0 Å². The van der Waals surface area contributed by atoms with Crippen LogP contribution in [0.15, 0.2) is 61.1 Å². The number of pyridine rings is 2. The number of nitrogens with zero attached hydrogens (tertiary/aromatic N) is 4. The van der Waals surface area contributed by atoms with Gasteiger partial charge in [-0.1, -0.05) is 29.8 Å². The molecule has 2 amide bonds. The number of nitrogens with one attached hydrogen (secondary N) is 1. The first-order chi connectivity index (χ1) is 19.4. The van der Waals surface area contributed by atoms with Gasteiger partial charge in [0.2, 0.25) is 15.9 Å². The molecule has 5 rings (SSSR count). The summed E-state index contributed by atoms with van der Waals surface area (Å²) in [6, 6.07) is 6.44. The molecule has 14 heteroatoms. The number of amides is 2. The Hall–Kier alpha value is -3.71. The van der Waals surface area contributed by atoms with Crippen molar-refractivity contribution in [2.75, 3.05) is 15.0 Å². The highest BCUT2D eigenvalue weighted by atomic mass is 35.5. The lowest BCUT2D eigenvalue weighted by atomic mass is 9.87. The maximum atomic E-state index is 14.5. The monoisotopic (exact) mass is 607 g/mol. The predicted octanol–water partition coefficient (Wildman–Crippen LogP) is 4.17. The number of anilines is 2. The average molecular weight is 608 g/mol. The fourth-order valence-electron chi connectivity index (χ4n) is 5.07. The highest BCUT2D eigenvalue weighted by Gasteiger charge is 2.49. The molecule has 0 bridgehead atoms. The van der Waals surface area contributed by atoms with Crippen LogP contribution in [0, 0.1) is 12.7 Å². The summed E-state index contributed by atoms with van der Waals surface area (Å²) >= 11 is 6.46. The number of carbonyl (C=O) groups is 2. The third-order valence-electron chi connectivity index (χ3n) is 6.99. The van der Waals surface area contributed by atoms with E-state index in [4.69, 9.17) is 11.6 Å². The van der Waals surface area contributed by atoms with Crippen molar-refractivity contribution >= 4 is 44.9 Å². The lowest BCUT2D eigenvalue weighted by Crippen LogP contribution is -2.56. The quantitative estimate of drug-likeness (QED) is 0.431. The molecule has 0 unspecified atom stereocenters. The van der Waals surface area contributed by atoms with Gasteiger partial charge in [-0.3, -0.25) is 19.5 Å². The smallest absolute Gasteiger partial charge is 0.252 e. The molecule has 216 valence electrons. The minimum Gasteiger partial charge on any atom is -0.351 e. The Balaban J connectivity index is 1.63. The SMILES string of the molecule is Cc1ccnc(N2[C@H](C(=O)N(c3cncc(F)c3)[C@H](C(=O)NC3CC(F)(F)C3)c3ccccc3Cl)CCS2(=O)=O)c1. The normalized spacial score (nSPS) is 20.2. The summed E-state index contributed by atoms with van der Waals surface area (Å²) in [6.07, 6.45) is 2.13. The van der Waals surface area contributed by atoms with E-state index >= 15 is 0 Å². The molecule has 1 N–H and O–H groups in total. The molecule has 1 saturated heterocycles. The number of aryl methyl sites for hydroxylation is 1. The number of hydrogen-bond acceptors (Lipinski definition) is 6.